The van der Waals surface area contributed by atoms with Crippen LogP contribution in [0.25, 0.3) is 11.0 Å². The van der Waals surface area contributed by atoms with Crippen LogP contribution in [0, 0.1) is 0 Å². The number of hydrogen-bond acceptors (Lipinski definition) is 5. The number of benzene rings is 1. The third-order valence-electron chi connectivity index (χ3n) is 2.36. The van der Waals surface area contributed by atoms with Crippen molar-refractivity contribution < 1.29 is 4.94 Å². The van der Waals surface area contributed by atoms with Crippen molar-refractivity contribution in [2.24, 2.45) is 21.8 Å². The van der Waals surface area contributed by atoms with E-state index in [0.717, 1.165) is 17.4 Å². The summed E-state index contributed by atoms with van der Waals surface area (Å²) < 4.78 is 1.97. The van der Waals surface area contributed by atoms with Gasteiger partial charge in [0.25, 0.3) is 0 Å². The van der Waals surface area contributed by atoms with E-state index < -0.39 is 0 Å². The summed E-state index contributed by atoms with van der Waals surface area (Å²) in [5, 5.41) is 6.95. The number of para-hydroxylation sites is 2. The molecule has 4 N–H and O–H groups in total. The first kappa shape index (κ1) is 12.1. The average Bonchev–Trinajstić information content (AvgIpc) is 2.74. The second-order valence-electron chi connectivity index (χ2n) is 3.47. The Bertz CT molecular complexity index is 574. The molecule has 7 heteroatoms. The van der Waals surface area contributed by atoms with Crippen LogP contribution in [0.3, 0.4) is 0 Å². The average molecular weight is 246 g/mol. The Morgan fingerprint density at radius 2 is 2.17 bits per heavy atom. The maximum Gasteiger partial charge on any atom is 0.155 e. The van der Waals surface area contributed by atoms with Gasteiger partial charge in [-0.3, -0.25) is 0 Å². The van der Waals surface area contributed by atoms with Crippen molar-refractivity contribution in [1.29, 1.82) is 0 Å². The van der Waals surface area contributed by atoms with Crippen molar-refractivity contribution in [2.75, 3.05) is 6.54 Å². The standard InChI is InChI=1S/C11H14N6O/c12-5-6-17-10-4-2-1-3-9(10)16-11(17)7-14-18-15-8-13/h1-4,7-8H,5-6,12H2,(H2,13,15)/b14-7+. The summed E-state index contributed by atoms with van der Waals surface area (Å²) in [6.07, 6.45) is 2.49. The summed E-state index contributed by atoms with van der Waals surface area (Å²) >= 11 is 0. The minimum absolute atomic E-state index is 0.517. The van der Waals surface area contributed by atoms with E-state index >= 15 is 0 Å². The van der Waals surface area contributed by atoms with Gasteiger partial charge < -0.3 is 16.0 Å². The number of hydrogen-bond donors (Lipinski definition) is 2. The first-order valence-electron chi connectivity index (χ1n) is 5.45. The van der Waals surface area contributed by atoms with Crippen LogP contribution < -0.4 is 11.5 Å². The van der Waals surface area contributed by atoms with Gasteiger partial charge in [0.15, 0.2) is 5.82 Å². The lowest BCUT2D eigenvalue weighted by Crippen LogP contribution is -2.12. The number of oxime groups is 2. The van der Waals surface area contributed by atoms with Crippen molar-refractivity contribution in [3.8, 4) is 0 Å². The normalized spacial score (nSPS) is 11.8. The molecule has 7 nitrogen and oxygen atoms in total. The molecule has 0 aliphatic carbocycles. The van der Waals surface area contributed by atoms with Crippen molar-refractivity contribution in [1.82, 2.24) is 9.55 Å². The monoisotopic (exact) mass is 246 g/mol. The van der Waals surface area contributed by atoms with Crippen molar-refractivity contribution in [3.63, 3.8) is 0 Å². The van der Waals surface area contributed by atoms with Gasteiger partial charge in [-0.05, 0) is 17.3 Å². The van der Waals surface area contributed by atoms with Crippen LogP contribution in [0.2, 0.25) is 0 Å². The molecule has 0 bridgehead atoms. The summed E-state index contributed by atoms with van der Waals surface area (Å²) in [7, 11) is 0. The summed E-state index contributed by atoms with van der Waals surface area (Å²) in [5.41, 5.74) is 12.5. The Labute approximate surface area is 104 Å². The molecule has 0 aliphatic heterocycles. The molecular weight excluding hydrogens is 232 g/mol. The van der Waals surface area contributed by atoms with Gasteiger partial charge in [-0.1, -0.05) is 17.3 Å². The Morgan fingerprint density at radius 1 is 1.33 bits per heavy atom. The molecule has 94 valence electrons. The van der Waals surface area contributed by atoms with Gasteiger partial charge in [-0.2, -0.15) is 0 Å². The molecule has 2 aromatic rings. The SMILES string of the molecule is N/C=N/O/N=C/c1nc2ccccc2n1CCN. The molecule has 0 saturated heterocycles. The molecule has 0 spiro atoms. The van der Waals surface area contributed by atoms with Gasteiger partial charge in [0.2, 0.25) is 0 Å². The van der Waals surface area contributed by atoms with Crippen LogP contribution in [0.1, 0.15) is 5.82 Å². The number of imidazole rings is 1. The van der Waals surface area contributed by atoms with E-state index in [1.807, 2.05) is 28.8 Å². The van der Waals surface area contributed by atoms with Crippen LogP contribution in [0.15, 0.2) is 34.6 Å². The summed E-state index contributed by atoms with van der Waals surface area (Å²) in [4.78, 5) is 8.97. The van der Waals surface area contributed by atoms with E-state index in [0.29, 0.717) is 18.9 Å². The van der Waals surface area contributed by atoms with Crippen LogP contribution in [0.4, 0.5) is 0 Å². The number of rotatable bonds is 5. The van der Waals surface area contributed by atoms with E-state index in [1.165, 1.54) is 6.21 Å². The second-order valence-corrected chi connectivity index (χ2v) is 3.47. The third kappa shape index (κ3) is 2.46. The predicted molar refractivity (Wildman–Crippen MR) is 70.1 cm³/mol. The first-order chi connectivity index (χ1) is 8.86. The fourth-order valence-electron chi connectivity index (χ4n) is 1.68. The first-order valence-corrected chi connectivity index (χ1v) is 5.45. The highest BCUT2D eigenvalue weighted by Crippen LogP contribution is 2.14. The number of fused-ring (bicyclic) bond motifs is 1. The minimum atomic E-state index is 0.517. The molecule has 0 unspecified atom stereocenters. The quantitative estimate of drug-likeness (QED) is 0.448. The van der Waals surface area contributed by atoms with Crippen LogP contribution in [-0.2, 0) is 11.5 Å². The van der Waals surface area contributed by atoms with E-state index in [2.05, 4.69) is 20.2 Å². The highest BCUT2D eigenvalue weighted by atomic mass is 16.8. The zero-order valence-electron chi connectivity index (χ0n) is 9.73. The molecule has 0 fully saturated rings. The number of nitrogens with two attached hydrogens (primary N) is 2. The molecule has 0 aliphatic rings. The Balaban J connectivity index is 2.36. The third-order valence-corrected chi connectivity index (χ3v) is 2.36. The predicted octanol–water partition coefficient (Wildman–Crippen LogP) is 0.247. The van der Waals surface area contributed by atoms with Crippen LogP contribution >= 0.6 is 0 Å². The molecule has 0 radical (unpaired) electrons. The smallest absolute Gasteiger partial charge is 0.155 e. The van der Waals surface area contributed by atoms with E-state index in [9.17, 15) is 0 Å². The van der Waals surface area contributed by atoms with Crippen molar-refractivity contribution in [2.45, 2.75) is 6.54 Å². The van der Waals surface area contributed by atoms with Crippen LogP contribution in [-0.4, -0.2) is 28.6 Å². The number of aromatic nitrogens is 2. The molecule has 0 atom stereocenters. The molecule has 1 heterocycles. The molecule has 1 aromatic heterocycles. The van der Waals surface area contributed by atoms with Gasteiger partial charge in [-0.15, -0.1) is 0 Å². The van der Waals surface area contributed by atoms with Gasteiger partial charge >= 0.3 is 0 Å². The highest BCUT2D eigenvalue weighted by Gasteiger charge is 2.07. The van der Waals surface area contributed by atoms with Crippen molar-refractivity contribution in [3.05, 3.63) is 30.1 Å². The summed E-state index contributed by atoms with van der Waals surface area (Å²) in [6.45, 7) is 1.17. The van der Waals surface area contributed by atoms with Gasteiger partial charge in [0, 0.05) is 13.1 Å². The molecule has 0 saturated carbocycles. The lowest BCUT2D eigenvalue weighted by Gasteiger charge is -2.03. The van der Waals surface area contributed by atoms with Crippen LogP contribution in [0.5, 0.6) is 0 Å². The second kappa shape index (κ2) is 5.78. The van der Waals surface area contributed by atoms with Crippen molar-refractivity contribution >= 4 is 23.6 Å². The topological polar surface area (TPSA) is 104 Å². The van der Waals surface area contributed by atoms with E-state index in [4.69, 9.17) is 11.5 Å². The largest absolute Gasteiger partial charge is 0.387 e. The lowest BCUT2D eigenvalue weighted by atomic mass is 10.3. The van der Waals surface area contributed by atoms with E-state index in [1.54, 1.807) is 0 Å². The molecule has 2 rings (SSSR count). The van der Waals surface area contributed by atoms with Gasteiger partial charge in [0.1, 0.15) is 12.6 Å². The Morgan fingerprint density at radius 3 is 2.94 bits per heavy atom. The molecule has 18 heavy (non-hydrogen) atoms. The Hall–Kier alpha value is -2.41. The molecular formula is C11H14N6O. The maximum atomic E-state index is 5.59. The molecule has 1 aromatic carbocycles. The summed E-state index contributed by atoms with van der Waals surface area (Å²) in [6, 6.07) is 7.79. The zero-order chi connectivity index (χ0) is 12.8. The highest BCUT2D eigenvalue weighted by molar-refractivity contribution is 5.84. The fourth-order valence-corrected chi connectivity index (χ4v) is 1.68. The fraction of sp³-hybridized carbons (Fsp3) is 0.182. The Kier molecular flexibility index (Phi) is 3.87. The number of nitrogens with zero attached hydrogens (tertiary/aromatic N) is 4. The lowest BCUT2D eigenvalue weighted by molar-refractivity contribution is 0.158. The van der Waals surface area contributed by atoms with E-state index in [-0.39, 0.29) is 0 Å². The molecule has 0 amide bonds. The van der Waals surface area contributed by atoms with Gasteiger partial charge in [-0.25, -0.2) is 9.92 Å². The minimum Gasteiger partial charge on any atom is -0.387 e. The van der Waals surface area contributed by atoms with Gasteiger partial charge in [0.05, 0.1) is 11.0 Å². The zero-order valence-corrected chi connectivity index (χ0v) is 9.73. The summed E-state index contributed by atoms with van der Waals surface area (Å²) in [5.74, 6) is 0.661. The maximum absolute atomic E-state index is 5.59.